The smallest absolute Gasteiger partial charge is 0.416 e. The largest absolute Gasteiger partial charge is 0.497 e. The summed E-state index contributed by atoms with van der Waals surface area (Å²) in [6.45, 7) is 1.61. The lowest BCUT2D eigenvalue weighted by Crippen LogP contribution is -2.18. The van der Waals surface area contributed by atoms with Gasteiger partial charge in [0, 0.05) is 24.7 Å². The number of carboxylic acid groups (broad SMARTS) is 1. The third-order valence-electron chi connectivity index (χ3n) is 5.07. The van der Waals surface area contributed by atoms with E-state index >= 15 is 0 Å². The number of benzene rings is 1. The van der Waals surface area contributed by atoms with Crippen molar-refractivity contribution >= 4 is 11.8 Å². The Bertz CT molecular complexity index is 817. The zero-order valence-corrected chi connectivity index (χ0v) is 18.7. The van der Waals surface area contributed by atoms with Crippen LogP contribution < -0.4 is 4.74 Å². The molecule has 6 nitrogen and oxygen atoms in total. The molecule has 1 saturated carbocycles. The van der Waals surface area contributed by atoms with Gasteiger partial charge in [0.25, 0.3) is 0 Å². The van der Waals surface area contributed by atoms with Crippen LogP contribution in [0.25, 0.3) is 0 Å². The van der Waals surface area contributed by atoms with Crippen molar-refractivity contribution < 1.29 is 42.8 Å². The molecule has 1 aliphatic rings. The second-order valence-electron chi connectivity index (χ2n) is 7.78. The first-order valence-corrected chi connectivity index (χ1v) is 10.6. The van der Waals surface area contributed by atoms with E-state index in [0.29, 0.717) is 19.3 Å². The van der Waals surface area contributed by atoms with Gasteiger partial charge < -0.3 is 20.1 Å². The Morgan fingerprint density at radius 3 is 2.58 bits per heavy atom. The Kier molecular flexibility index (Phi) is 11.9. The highest BCUT2D eigenvalue weighted by molar-refractivity contribution is 5.86. The van der Waals surface area contributed by atoms with Crippen molar-refractivity contribution in [3.05, 3.63) is 54.1 Å². The summed E-state index contributed by atoms with van der Waals surface area (Å²) >= 11 is 0. The Morgan fingerprint density at radius 2 is 2.00 bits per heavy atom. The zero-order chi connectivity index (χ0) is 25.0. The molecule has 0 saturated heterocycles. The standard InChI is InChI=1S/C16H24O5.C8H7F3O/c1-11(17)8-9-13-12(14(18)10-15(13)19)6-4-2-3-5-7-16(20)21;1-12-7-4-2-3-6(5-7)8(9,10)11/h2,4,8-9,11-14,17-18H,3,5-7,10H2,1H3,(H,20,21);2-5H,1H3/b4-2-,9-8+;/t11-,12+,13?,14-;/m0./s1. The molecule has 1 aromatic carbocycles. The van der Waals surface area contributed by atoms with Gasteiger partial charge in [-0.05, 0) is 44.4 Å². The molecular formula is C24H31F3O6. The molecule has 1 aromatic rings. The van der Waals surface area contributed by atoms with Crippen LogP contribution in [0.2, 0.25) is 0 Å². The van der Waals surface area contributed by atoms with Gasteiger partial charge in [-0.15, -0.1) is 0 Å². The average Bonchev–Trinajstić information content (AvgIpc) is 3.01. The third-order valence-corrected chi connectivity index (χ3v) is 5.07. The highest BCUT2D eigenvalue weighted by Crippen LogP contribution is 2.33. The maximum atomic E-state index is 12.0. The van der Waals surface area contributed by atoms with Crippen molar-refractivity contribution in [2.24, 2.45) is 11.8 Å². The second-order valence-corrected chi connectivity index (χ2v) is 7.78. The van der Waals surface area contributed by atoms with Gasteiger partial charge in [0.15, 0.2) is 0 Å². The number of carbonyl (C=O) groups is 2. The SMILES string of the molecule is COc1cccc(C(F)(F)F)c1.C[C@H](O)/C=C/C1C(=O)C[C@H](O)[C@@H]1C/C=C\CCCC(=O)O. The highest BCUT2D eigenvalue weighted by Gasteiger charge is 2.39. The Morgan fingerprint density at radius 1 is 1.30 bits per heavy atom. The summed E-state index contributed by atoms with van der Waals surface area (Å²) in [6.07, 6.45) is 3.65. The van der Waals surface area contributed by atoms with Crippen LogP contribution in [0.4, 0.5) is 13.2 Å². The molecule has 0 amide bonds. The van der Waals surface area contributed by atoms with E-state index in [1.165, 1.54) is 19.2 Å². The van der Waals surface area contributed by atoms with Crippen molar-refractivity contribution in [2.45, 2.75) is 57.4 Å². The second kappa shape index (κ2) is 13.8. The summed E-state index contributed by atoms with van der Waals surface area (Å²) in [5.41, 5.74) is -0.693. The third kappa shape index (κ3) is 10.7. The number of methoxy groups -OCH3 is 1. The highest BCUT2D eigenvalue weighted by atomic mass is 19.4. The molecule has 0 bridgehead atoms. The van der Waals surface area contributed by atoms with Gasteiger partial charge >= 0.3 is 12.1 Å². The normalized spacial score (nSPS) is 21.8. The van der Waals surface area contributed by atoms with Crippen LogP contribution in [-0.4, -0.2) is 46.4 Å². The molecule has 1 unspecified atom stereocenters. The molecule has 184 valence electrons. The number of alkyl halides is 3. The van der Waals surface area contributed by atoms with Gasteiger partial charge in [-0.25, -0.2) is 0 Å². The van der Waals surface area contributed by atoms with E-state index in [1.54, 1.807) is 19.1 Å². The fourth-order valence-corrected chi connectivity index (χ4v) is 3.35. The number of Topliss-reactive ketones (excluding diaryl/α,β-unsaturated/α-hetero) is 1. The molecule has 1 fully saturated rings. The number of hydrogen-bond acceptors (Lipinski definition) is 5. The number of aliphatic hydroxyl groups is 2. The van der Waals surface area contributed by atoms with Gasteiger partial charge in [-0.3, -0.25) is 9.59 Å². The first-order chi connectivity index (χ1) is 15.5. The van der Waals surface area contributed by atoms with Gasteiger partial charge in [0.05, 0.1) is 24.9 Å². The van der Waals surface area contributed by atoms with Crippen LogP contribution >= 0.6 is 0 Å². The zero-order valence-electron chi connectivity index (χ0n) is 18.7. The fourth-order valence-electron chi connectivity index (χ4n) is 3.35. The number of carbonyl (C=O) groups excluding carboxylic acids is 1. The predicted molar refractivity (Wildman–Crippen MR) is 117 cm³/mol. The first-order valence-electron chi connectivity index (χ1n) is 10.6. The number of hydrogen-bond donors (Lipinski definition) is 3. The van der Waals surface area contributed by atoms with Crippen molar-refractivity contribution in [1.29, 1.82) is 0 Å². The number of ether oxygens (including phenoxy) is 1. The molecule has 3 N–H and O–H groups in total. The maximum Gasteiger partial charge on any atom is 0.416 e. The molecule has 0 radical (unpaired) electrons. The summed E-state index contributed by atoms with van der Waals surface area (Å²) in [6, 6.07) is 4.74. The van der Waals surface area contributed by atoms with Crippen molar-refractivity contribution in [1.82, 2.24) is 0 Å². The van der Waals surface area contributed by atoms with E-state index < -0.39 is 29.9 Å². The Labute approximate surface area is 191 Å². The van der Waals surface area contributed by atoms with E-state index in [2.05, 4.69) is 4.74 Å². The summed E-state index contributed by atoms with van der Waals surface area (Å²) < 4.78 is 40.8. The molecule has 0 spiro atoms. The summed E-state index contributed by atoms with van der Waals surface area (Å²) in [5.74, 6) is -1.10. The minimum Gasteiger partial charge on any atom is -0.497 e. The van der Waals surface area contributed by atoms with Gasteiger partial charge in [-0.2, -0.15) is 13.2 Å². The lowest BCUT2D eigenvalue weighted by Gasteiger charge is -2.16. The molecule has 0 aliphatic heterocycles. The van der Waals surface area contributed by atoms with Gasteiger partial charge in [-0.1, -0.05) is 30.4 Å². The molecule has 2 rings (SSSR count). The summed E-state index contributed by atoms with van der Waals surface area (Å²) in [4.78, 5) is 22.2. The lowest BCUT2D eigenvalue weighted by molar-refractivity contribution is -0.138. The molecule has 9 heteroatoms. The lowest BCUT2D eigenvalue weighted by atomic mass is 9.90. The van der Waals surface area contributed by atoms with Crippen molar-refractivity contribution in [3.63, 3.8) is 0 Å². The minimum atomic E-state index is -4.30. The number of unbranched alkanes of at least 4 members (excludes halogenated alkanes) is 1. The molecule has 33 heavy (non-hydrogen) atoms. The van der Waals surface area contributed by atoms with E-state index in [-0.39, 0.29) is 36.2 Å². The monoisotopic (exact) mass is 472 g/mol. The number of halogens is 3. The molecule has 1 aliphatic carbocycles. The van der Waals surface area contributed by atoms with Crippen LogP contribution in [0.1, 0.15) is 44.6 Å². The fraction of sp³-hybridized carbons (Fsp3) is 0.500. The maximum absolute atomic E-state index is 12.0. The average molecular weight is 473 g/mol. The molecule has 0 heterocycles. The van der Waals surface area contributed by atoms with Crippen LogP contribution in [0.5, 0.6) is 5.75 Å². The van der Waals surface area contributed by atoms with Crippen LogP contribution in [-0.2, 0) is 15.8 Å². The van der Waals surface area contributed by atoms with E-state index in [1.807, 2.05) is 12.2 Å². The number of allylic oxidation sites excluding steroid dienone is 3. The van der Waals surface area contributed by atoms with Crippen molar-refractivity contribution in [3.8, 4) is 5.75 Å². The summed E-state index contributed by atoms with van der Waals surface area (Å²) in [7, 11) is 1.33. The van der Waals surface area contributed by atoms with Crippen LogP contribution in [0.15, 0.2) is 48.6 Å². The quantitative estimate of drug-likeness (QED) is 0.364. The number of aliphatic hydroxyl groups excluding tert-OH is 2. The molecule has 0 aromatic heterocycles. The number of ketones is 1. The molecule has 4 atom stereocenters. The number of rotatable bonds is 9. The summed E-state index contributed by atoms with van der Waals surface area (Å²) in [5, 5.41) is 27.7. The first kappa shape index (κ1) is 28.4. The minimum absolute atomic E-state index is 0.00340. The Hall–Kier alpha value is -2.65. The number of carboxylic acids is 1. The van der Waals surface area contributed by atoms with Crippen molar-refractivity contribution in [2.75, 3.05) is 7.11 Å². The topological polar surface area (TPSA) is 104 Å². The van der Waals surface area contributed by atoms with E-state index in [0.717, 1.165) is 12.1 Å². The van der Waals surface area contributed by atoms with Gasteiger partial charge in [0.2, 0.25) is 0 Å². The van der Waals surface area contributed by atoms with E-state index in [4.69, 9.17) is 5.11 Å². The number of aliphatic carboxylic acids is 1. The van der Waals surface area contributed by atoms with Crippen LogP contribution in [0, 0.1) is 11.8 Å². The van der Waals surface area contributed by atoms with E-state index in [9.17, 15) is 33.0 Å². The van der Waals surface area contributed by atoms with Crippen LogP contribution in [0.3, 0.4) is 0 Å². The van der Waals surface area contributed by atoms with Gasteiger partial charge in [0.1, 0.15) is 11.5 Å². The predicted octanol–water partition coefficient (Wildman–Crippen LogP) is 4.40. The molecular weight excluding hydrogens is 441 g/mol. The Balaban J connectivity index is 0.000000383.